The van der Waals surface area contributed by atoms with Crippen LogP contribution in [0.3, 0.4) is 0 Å². The summed E-state index contributed by atoms with van der Waals surface area (Å²) >= 11 is 0. The van der Waals surface area contributed by atoms with Crippen molar-refractivity contribution in [2.75, 3.05) is 5.73 Å². The van der Waals surface area contributed by atoms with Gasteiger partial charge < -0.3 is 11.1 Å². The number of nitrogen functional groups attached to an aromatic ring is 1. The molecule has 3 N–H and O–H groups in total. The third-order valence-corrected chi connectivity index (χ3v) is 5.75. The van der Waals surface area contributed by atoms with Crippen LogP contribution >= 0.6 is 0 Å². The number of rotatable bonds is 6. The second-order valence-corrected chi connectivity index (χ2v) is 8.00. The van der Waals surface area contributed by atoms with Crippen LogP contribution in [0.25, 0.3) is 16.9 Å². The fraction of sp³-hybridized carbons (Fsp3) is 0.167. The molecule has 10 nitrogen and oxygen atoms in total. The summed E-state index contributed by atoms with van der Waals surface area (Å²) in [6, 6.07) is 17.5. The van der Waals surface area contributed by atoms with E-state index in [1.54, 1.807) is 18.1 Å². The maximum Gasteiger partial charge on any atom is 0.274 e. The lowest BCUT2D eigenvalue weighted by atomic mass is 10.1. The number of hydrogen-bond acceptors (Lipinski definition) is 7. The number of imidazole rings is 1. The molecule has 1 atom stereocenters. The van der Waals surface area contributed by atoms with Gasteiger partial charge in [-0.15, -0.1) is 5.10 Å². The van der Waals surface area contributed by atoms with Gasteiger partial charge in [-0.05, 0) is 30.2 Å². The number of nitrogens with zero attached hydrogens (tertiary/aromatic N) is 7. The van der Waals surface area contributed by atoms with Crippen LogP contribution in [0.15, 0.2) is 67.3 Å². The Morgan fingerprint density at radius 2 is 1.82 bits per heavy atom. The summed E-state index contributed by atoms with van der Waals surface area (Å²) in [5, 5.41) is 11.2. The molecule has 0 saturated heterocycles. The SMILES string of the molecule is C[C@H](NC(=O)c1nnn(C)c1Cc1ccccc1)c1ccc(-n2cnc3c(N)ncnc32)cc1. The largest absolute Gasteiger partial charge is 0.382 e. The van der Waals surface area contributed by atoms with Crippen LogP contribution < -0.4 is 11.1 Å². The van der Waals surface area contributed by atoms with Gasteiger partial charge in [0.05, 0.1) is 11.7 Å². The number of amides is 1. The number of carbonyl (C=O) groups is 1. The highest BCUT2D eigenvalue weighted by molar-refractivity contribution is 5.93. The number of aromatic nitrogens is 7. The summed E-state index contributed by atoms with van der Waals surface area (Å²) in [5.41, 5.74) is 11.1. The van der Waals surface area contributed by atoms with E-state index in [2.05, 4.69) is 30.6 Å². The zero-order valence-corrected chi connectivity index (χ0v) is 18.8. The van der Waals surface area contributed by atoms with Crippen LogP contribution in [0.5, 0.6) is 0 Å². The maximum atomic E-state index is 13.0. The van der Waals surface area contributed by atoms with E-state index >= 15 is 0 Å². The monoisotopic (exact) mass is 453 g/mol. The maximum absolute atomic E-state index is 13.0. The van der Waals surface area contributed by atoms with Gasteiger partial charge in [0.1, 0.15) is 12.7 Å². The van der Waals surface area contributed by atoms with E-state index < -0.39 is 0 Å². The van der Waals surface area contributed by atoms with Gasteiger partial charge in [-0.25, -0.2) is 15.0 Å². The number of anilines is 1. The standard InChI is InChI=1S/C24H23N9O/c1-15(29-24(34)20-19(32(2)31-30-20)12-16-6-4-3-5-7-16)17-8-10-18(11-9-17)33-14-28-21-22(25)26-13-27-23(21)33/h3-11,13-15H,12H2,1-2H3,(H,29,34)(H2,25,26,27)/t15-/m0/s1. The second-order valence-electron chi connectivity index (χ2n) is 8.00. The Hall–Kier alpha value is -4.60. The molecule has 0 unspecified atom stereocenters. The Labute approximate surface area is 195 Å². The molecule has 3 aromatic heterocycles. The second kappa shape index (κ2) is 8.74. The smallest absolute Gasteiger partial charge is 0.274 e. The number of nitrogens with two attached hydrogens (primary N) is 1. The Morgan fingerprint density at radius 3 is 2.59 bits per heavy atom. The van der Waals surface area contributed by atoms with Gasteiger partial charge in [0.25, 0.3) is 5.91 Å². The fourth-order valence-corrected chi connectivity index (χ4v) is 3.85. The summed E-state index contributed by atoms with van der Waals surface area (Å²) in [5.74, 6) is 0.0794. The van der Waals surface area contributed by atoms with Crippen LogP contribution in [0.1, 0.15) is 40.3 Å². The van der Waals surface area contributed by atoms with Crippen molar-refractivity contribution in [3.63, 3.8) is 0 Å². The molecule has 10 heteroatoms. The first-order valence-corrected chi connectivity index (χ1v) is 10.8. The molecule has 34 heavy (non-hydrogen) atoms. The molecule has 170 valence electrons. The molecule has 0 bridgehead atoms. The number of benzene rings is 2. The molecule has 0 aliphatic rings. The van der Waals surface area contributed by atoms with Gasteiger partial charge in [-0.1, -0.05) is 47.7 Å². The molecule has 5 rings (SSSR count). The van der Waals surface area contributed by atoms with E-state index in [-0.39, 0.29) is 11.9 Å². The predicted molar refractivity (Wildman–Crippen MR) is 127 cm³/mol. The first kappa shape index (κ1) is 21.3. The average molecular weight is 454 g/mol. The minimum atomic E-state index is -0.261. The summed E-state index contributed by atoms with van der Waals surface area (Å²) in [7, 11) is 1.79. The van der Waals surface area contributed by atoms with Gasteiger partial charge >= 0.3 is 0 Å². The molecule has 0 saturated carbocycles. The molecule has 0 aliphatic heterocycles. The highest BCUT2D eigenvalue weighted by Gasteiger charge is 2.21. The van der Waals surface area contributed by atoms with E-state index in [0.717, 1.165) is 22.5 Å². The van der Waals surface area contributed by atoms with Gasteiger partial charge in [0.2, 0.25) is 0 Å². The summed E-state index contributed by atoms with van der Waals surface area (Å²) in [4.78, 5) is 25.6. The first-order valence-electron chi connectivity index (χ1n) is 10.8. The quantitative estimate of drug-likeness (QED) is 0.404. The van der Waals surface area contributed by atoms with Crippen LogP contribution in [-0.2, 0) is 13.5 Å². The van der Waals surface area contributed by atoms with Crippen molar-refractivity contribution in [3.8, 4) is 5.69 Å². The minimum Gasteiger partial charge on any atom is -0.382 e. The van der Waals surface area contributed by atoms with Crippen molar-refractivity contribution in [1.29, 1.82) is 0 Å². The molecular weight excluding hydrogens is 430 g/mol. The highest BCUT2D eigenvalue weighted by atomic mass is 16.2. The van der Waals surface area contributed by atoms with E-state index in [1.165, 1.54) is 6.33 Å². The number of nitrogens with one attached hydrogen (secondary N) is 1. The average Bonchev–Trinajstić information content (AvgIpc) is 3.45. The van der Waals surface area contributed by atoms with Crippen molar-refractivity contribution in [3.05, 3.63) is 89.8 Å². The Balaban J connectivity index is 1.33. The third kappa shape index (κ3) is 3.96. The minimum absolute atomic E-state index is 0.231. The molecule has 0 aliphatic carbocycles. The molecule has 3 heterocycles. The molecule has 2 aromatic carbocycles. The van der Waals surface area contributed by atoms with Gasteiger partial charge in [0, 0.05) is 19.2 Å². The Kier molecular flexibility index (Phi) is 5.46. The normalized spacial score (nSPS) is 12.1. The summed E-state index contributed by atoms with van der Waals surface area (Å²) in [6.07, 6.45) is 3.65. The lowest BCUT2D eigenvalue weighted by molar-refractivity contribution is 0.0934. The van der Waals surface area contributed by atoms with Gasteiger partial charge in [0.15, 0.2) is 22.7 Å². The van der Waals surface area contributed by atoms with Crippen LogP contribution in [-0.4, -0.2) is 40.4 Å². The van der Waals surface area contributed by atoms with Crippen molar-refractivity contribution in [2.24, 2.45) is 7.05 Å². The molecule has 0 radical (unpaired) electrons. The number of aryl methyl sites for hydroxylation is 1. The van der Waals surface area contributed by atoms with E-state index in [4.69, 9.17) is 5.73 Å². The summed E-state index contributed by atoms with van der Waals surface area (Å²) in [6.45, 7) is 1.93. The molecule has 0 fully saturated rings. The summed E-state index contributed by atoms with van der Waals surface area (Å²) < 4.78 is 3.49. The number of carbonyl (C=O) groups excluding carboxylic acids is 1. The lowest BCUT2D eigenvalue weighted by Crippen LogP contribution is -2.28. The number of fused-ring (bicyclic) bond motifs is 1. The molecule has 1 amide bonds. The topological polar surface area (TPSA) is 129 Å². The lowest BCUT2D eigenvalue weighted by Gasteiger charge is -2.15. The van der Waals surface area contributed by atoms with Crippen LogP contribution in [0.4, 0.5) is 5.82 Å². The van der Waals surface area contributed by atoms with Crippen molar-refractivity contribution in [1.82, 2.24) is 39.8 Å². The highest BCUT2D eigenvalue weighted by Crippen LogP contribution is 2.21. The predicted octanol–water partition coefficient (Wildman–Crippen LogP) is 2.61. The molecule has 0 spiro atoms. The van der Waals surface area contributed by atoms with Crippen LogP contribution in [0.2, 0.25) is 0 Å². The van der Waals surface area contributed by atoms with Crippen molar-refractivity contribution < 1.29 is 4.79 Å². The Bertz CT molecular complexity index is 1460. The third-order valence-electron chi connectivity index (χ3n) is 5.75. The zero-order valence-electron chi connectivity index (χ0n) is 18.8. The van der Waals surface area contributed by atoms with Gasteiger partial charge in [-0.2, -0.15) is 0 Å². The van der Waals surface area contributed by atoms with Crippen LogP contribution in [0, 0.1) is 0 Å². The van der Waals surface area contributed by atoms with Gasteiger partial charge in [-0.3, -0.25) is 14.0 Å². The molecule has 5 aromatic rings. The van der Waals surface area contributed by atoms with Crippen molar-refractivity contribution >= 4 is 22.9 Å². The first-order chi connectivity index (χ1) is 16.5. The van der Waals surface area contributed by atoms with E-state index in [0.29, 0.717) is 29.1 Å². The zero-order chi connectivity index (χ0) is 23.7. The van der Waals surface area contributed by atoms with Crippen molar-refractivity contribution in [2.45, 2.75) is 19.4 Å². The Morgan fingerprint density at radius 1 is 1.06 bits per heavy atom. The van der Waals surface area contributed by atoms with E-state index in [1.807, 2.05) is 66.1 Å². The fourth-order valence-electron chi connectivity index (χ4n) is 3.85. The number of hydrogen-bond donors (Lipinski definition) is 2. The van der Waals surface area contributed by atoms with E-state index in [9.17, 15) is 4.79 Å². The molecular formula is C24H23N9O.